The molecule has 0 aromatic heterocycles. The Bertz CT molecular complexity index is 617. The predicted molar refractivity (Wildman–Crippen MR) is 98.7 cm³/mol. The maximum absolute atomic E-state index is 2.80. The van der Waals surface area contributed by atoms with Crippen LogP contribution in [0.4, 0.5) is 5.69 Å². The van der Waals surface area contributed by atoms with Crippen LogP contribution in [0.25, 0.3) is 0 Å². The van der Waals surface area contributed by atoms with Crippen molar-refractivity contribution in [3.05, 3.63) is 54.1 Å². The Balaban J connectivity index is 1.78. The molecular formula is C22H29N. The first kappa shape index (κ1) is 15.1. The Morgan fingerprint density at radius 3 is 2.39 bits per heavy atom. The molecule has 0 radical (unpaired) electrons. The van der Waals surface area contributed by atoms with Crippen LogP contribution >= 0.6 is 0 Å². The second kappa shape index (κ2) is 5.85. The molecule has 0 amide bonds. The number of rotatable bonds is 1. The lowest BCUT2D eigenvalue weighted by Crippen LogP contribution is -2.56. The highest BCUT2D eigenvalue weighted by Gasteiger charge is 2.42. The molecule has 3 aliphatic rings. The molecule has 1 aromatic carbocycles. The van der Waals surface area contributed by atoms with Crippen LogP contribution in [0, 0.1) is 23.7 Å². The molecule has 1 saturated carbocycles. The summed E-state index contributed by atoms with van der Waals surface area (Å²) >= 11 is 0. The molecule has 122 valence electrons. The number of hydrogen-bond donors (Lipinski definition) is 0. The van der Waals surface area contributed by atoms with Crippen molar-refractivity contribution < 1.29 is 0 Å². The third kappa shape index (κ3) is 2.55. The first-order chi connectivity index (χ1) is 11.1. The molecule has 1 aromatic rings. The number of allylic oxidation sites excluding steroid dienone is 2. The minimum absolute atomic E-state index is 0.540. The Kier molecular flexibility index (Phi) is 3.83. The van der Waals surface area contributed by atoms with Crippen LogP contribution in [0.1, 0.15) is 39.2 Å². The molecule has 0 saturated heterocycles. The highest BCUT2D eigenvalue weighted by Crippen LogP contribution is 2.44. The zero-order valence-corrected chi connectivity index (χ0v) is 14.7. The summed E-state index contributed by atoms with van der Waals surface area (Å²) in [4.78, 5) is 2.80. The van der Waals surface area contributed by atoms with Gasteiger partial charge in [0, 0.05) is 17.6 Å². The SMILES string of the molecule is CC1C[C@@H](C)C(N2c3ccccc3CC3C=CC=CC32)[C@H](C)C1. The van der Waals surface area contributed by atoms with E-state index in [0.29, 0.717) is 18.0 Å². The molecule has 2 aliphatic carbocycles. The van der Waals surface area contributed by atoms with Gasteiger partial charge in [-0.25, -0.2) is 0 Å². The fourth-order valence-corrected chi connectivity index (χ4v) is 5.59. The Hall–Kier alpha value is -1.50. The highest BCUT2D eigenvalue weighted by molar-refractivity contribution is 5.60. The van der Waals surface area contributed by atoms with Gasteiger partial charge < -0.3 is 4.90 Å². The fraction of sp³-hybridized carbons (Fsp3) is 0.545. The zero-order valence-electron chi connectivity index (χ0n) is 14.7. The second-order valence-corrected chi connectivity index (χ2v) is 8.19. The molecule has 0 spiro atoms. The van der Waals surface area contributed by atoms with Crippen LogP contribution < -0.4 is 4.90 Å². The normalized spacial score (nSPS) is 39.0. The minimum atomic E-state index is 0.540. The number of anilines is 1. The molecule has 1 aliphatic heterocycles. The van der Waals surface area contributed by atoms with E-state index in [-0.39, 0.29) is 0 Å². The van der Waals surface area contributed by atoms with Crippen LogP contribution in [-0.4, -0.2) is 12.1 Å². The van der Waals surface area contributed by atoms with Gasteiger partial charge in [0.1, 0.15) is 0 Å². The van der Waals surface area contributed by atoms with Crippen molar-refractivity contribution in [1.29, 1.82) is 0 Å². The van der Waals surface area contributed by atoms with Crippen LogP contribution in [0.5, 0.6) is 0 Å². The quantitative estimate of drug-likeness (QED) is 0.686. The van der Waals surface area contributed by atoms with Crippen molar-refractivity contribution in [2.45, 2.75) is 52.1 Å². The monoisotopic (exact) mass is 307 g/mol. The van der Waals surface area contributed by atoms with Crippen LogP contribution in [-0.2, 0) is 6.42 Å². The smallest absolute Gasteiger partial charge is 0.0545 e. The zero-order chi connectivity index (χ0) is 16.0. The maximum atomic E-state index is 2.80. The topological polar surface area (TPSA) is 3.24 Å². The molecule has 4 atom stereocenters. The second-order valence-electron chi connectivity index (χ2n) is 8.19. The lowest BCUT2D eigenvalue weighted by Gasteiger charge is -2.52. The lowest BCUT2D eigenvalue weighted by atomic mass is 9.70. The van der Waals surface area contributed by atoms with Gasteiger partial charge in [-0.2, -0.15) is 0 Å². The summed E-state index contributed by atoms with van der Waals surface area (Å²) in [6.45, 7) is 7.39. The van der Waals surface area contributed by atoms with Gasteiger partial charge in [0.25, 0.3) is 0 Å². The van der Waals surface area contributed by atoms with Crippen molar-refractivity contribution in [2.24, 2.45) is 23.7 Å². The van der Waals surface area contributed by atoms with Crippen molar-refractivity contribution in [3.63, 3.8) is 0 Å². The summed E-state index contributed by atoms with van der Waals surface area (Å²) in [6.07, 6.45) is 13.3. The van der Waals surface area contributed by atoms with Gasteiger partial charge in [-0.15, -0.1) is 0 Å². The van der Waals surface area contributed by atoms with E-state index in [1.165, 1.54) is 30.5 Å². The Labute approximate surface area is 141 Å². The van der Waals surface area contributed by atoms with E-state index in [4.69, 9.17) is 0 Å². The van der Waals surface area contributed by atoms with Crippen LogP contribution in [0.3, 0.4) is 0 Å². The predicted octanol–water partition coefficient (Wildman–Crippen LogP) is 5.23. The molecule has 1 heterocycles. The first-order valence-electron chi connectivity index (χ1n) is 9.36. The number of benzene rings is 1. The number of hydrogen-bond acceptors (Lipinski definition) is 1. The van der Waals surface area contributed by atoms with Gasteiger partial charge in [0.05, 0.1) is 6.04 Å². The van der Waals surface area contributed by atoms with Gasteiger partial charge in [-0.05, 0) is 48.6 Å². The molecule has 4 rings (SSSR count). The molecule has 2 unspecified atom stereocenters. The third-order valence-electron chi connectivity index (χ3n) is 6.30. The molecular weight excluding hydrogens is 278 g/mol. The van der Waals surface area contributed by atoms with Gasteiger partial charge in [-0.1, -0.05) is 63.3 Å². The van der Waals surface area contributed by atoms with Gasteiger partial charge in [-0.3, -0.25) is 0 Å². The summed E-state index contributed by atoms with van der Waals surface area (Å²) < 4.78 is 0. The molecule has 0 bridgehead atoms. The standard InChI is InChI=1S/C22H29N/c1-15-12-16(2)22(17(3)13-15)23-20-10-6-4-8-18(20)14-19-9-5-7-11-21(19)23/h4-11,15-18,20,22H,12-14H2,1-3H3/t15?,16-,17-,18?,20?,22?/m1/s1. The molecule has 0 N–H and O–H groups in total. The highest BCUT2D eigenvalue weighted by atomic mass is 15.2. The summed E-state index contributed by atoms with van der Waals surface area (Å²) in [6, 6.07) is 10.3. The summed E-state index contributed by atoms with van der Waals surface area (Å²) in [7, 11) is 0. The summed E-state index contributed by atoms with van der Waals surface area (Å²) in [5, 5.41) is 0. The van der Waals surface area contributed by atoms with E-state index in [2.05, 4.69) is 74.2 Å². The van der Waals surface area contributed by atoms with Crippen molar-refractivity contribution in [3.8, 4) is 0 Å². The number of nitrogens with zero attached hydrogens (tertiary/aromatic N) is 1. The Morgan fingerprint density at radius 1 is 0.913 bits per heavy atom. The van der Waals surface area contributed by atoms with E-state index in [9.17, 15) is 0 Å². The molecule has 1 fully saturated rings. The van der Waals surface area contributed by atoms with E-state index in [0.717, 1.165) is 17.8 Å². The number of para-hydroxylation sites is 1. The average molecular weight is 307 g/mol. The van der Waals surface area contributed by atoms with Crippen LogP contribution in [0.15, 0.2) is 48.6 Å². The molecule has 1 heteroatoms. The van der Waals surface area contributed by atoms with Crippen molar-refractivity contribution in [2.75, 3.05) is 4.90 Å². The van der Waals surface area contributed by atoms with E-state index in [1.54, 1.807) is 0 Å². The van der Waals surface area contributed by atoms with Gasteiger partial charge in [0.2, 0.25) is 0 Å². The lowest BCUT2D eigenvalue weighted by molar-refractivity contribution is 0.175. The van der Waals surface area contributed by atoms with Crippen molar-refractivity contribution in [1.82, 2.24) is 0 Å². The summed E-state index contributed by atoms with van der Waals surface area (Å²) in [5.74, 6) is 3.03. The molecule has 1 nitrogen and oxygen atoms in total. The van der Waals surface area contributed by atoms with Gasteiger partial charge in [0.15, 0.2) is 0 Å². The first-order valence-corrected chi connectivity index (χ1v) is 9.36. The van der Waals surface area contributed by atoms with Gasteiger partial charge >= 0.3 is 0 Å². The third-order valence-corrected chi connectivity index (χ3v) is 6.30. The van der Waals surface area contributed by atoms with E-state index in [1.807, 2.05) is 0 Å². The Morgan fingerprint density at radius 2 is 1.61 bits per heavy atom. The van der Waals surface area contributed by atoms with E-state index < -0.39 is 0 Å². The minimum Gasteiger partial charge on any atom is -0.361 e. The largest absolute Gasteiger partial charge is 0.361 e. The summed E-state index contributed by atoms with van der Waals surface area (Å²) in [5.41, 5.74) is 3.03. The van der Waals surface area contributed by atoms with E-state index >= 15 is 0 Å². The maximum Gasteiger partial charge on any atom is 0.0545 e. The molecule has 23 heavy (non-hydrogen) atoms. The number of fused-ring (bicyclic) bond motifs is 2. The fourth-order valence-electron chi connectivity index (χ4n) is 5.59. The van der Waals surface area contributed by atoms with Crippen molar-refractivity contribution >= 4 is 5.69 Å². The average Bonchev–Trinajstić information content (AvgIpc) is 2.53. The van der Waals surface area contributed by atoms with Crippen LogP contribution in [0.2, 0.25) is 0 Å².